The van der Waals surface area contributed by atoms with E-state index in [9.17, 15) is 0 Å². The van der Waals surface area contributed by atoms with Crippen molar-refractivity contribution in [1.82, 2.24) is 9.55 Å². The largest absolute Gasteiger partial charge is 0.369 e. The van der Waals surface area contributed by atoms with Crippen molar-refractivity contribution in [1.29, 1.82) is 5.26 Å². The second-order valence-electron chi connectivity index (χ2n) is 7.54. The molecule has 1 aliphatic heterocycles. The van der Waals surface area contributed by atoms with Crippen molar-refractivity contribution in [3.05, 3.63) is 83.9 Å². The smallest absolute Gasteiger partial charge is 0.0991 e. The van der Waals surface area contributed by atoms with Crippen LogP contribution in [-0.4, -0.2) is 22.1 Å². The molecule has 28 heavy (non-hydrogen) atoms. The zero-order valence-corrected chi connectivity index (χ0v) is 16.2. The molecule has 0 aliphatic carbocycles. The summed E-state index contributed by atoms with van der Waals surface area (Å²) in [5, 5.41) is 8.96. The number of hydrogen-bond donors (Lipinski definition) is 0. The summed E-state index contributed by atoms with van der Waals surface area (Å²) in [4.78, 5) is 6.98. The summed E-state index contributed by atoms with van der Waals surface area (Å²) in [6.45, 7) is 1.95. The average Bonchev–Trinajstić information content (AvgIpc) is 3.20. The van der Waals surface area contributed by atoms with Gasteiger partial charge in [0.1, 0.15) is 0 Å². The molecule has 0 saturated carbocycles. The van der Waals surface area contributed by atoms with E-state index in [1.807, 2.05) is 36.8 Å². The van der Waals surface area contributed by atoms with E-state index in [4.69, 9.17) is 5.26 Å². The van der Waals surface area contributed by atoms with E-state index < -0.39 is 0 Å². The lowest BCUT2D eigenvalue weighted by atomic mass is 9.96. The minimum atomic E-state index is 0.592. The molecule has 4 nitrogen and oxygen atoms in total. The first kappa shape index (κ1) is 18.3. The molecule has 0 radical (unpaired) electrons. The van der Waals surface area contributed by atoms with Crippen LogP contribution in [0.5, 0.6) is 0 Å². The summed E-state index contributed by atoms with van der Waals surface area (Å²) in [5.41, 5.74) is 4.52. The van der Waals surface area contributed by atoms with Gasteiger partial charge in [-0.15, -0.1) is 0 Å². The van der Waals surface area contributed by atoms with Crippen molar-refractivity contribution >= 4 is 5.69 Å². The zero-order chi connectivity index (χ0) is 19.2. The summed E-state index contributed by atoms with van der Waals surface area (Å²) in [5.74, 6) is 0. The molecule has 0 amide bonds. The topological polar surface area (TPSA) is 44.9 Å². The molecular weight excluding hydrogens is 344 g/mol. The highest BCUT2D eigenvalue weighted by Crippen LogP contribution is 2.27. The van der Waals surface area contributed by atoms with E-state index >= 15 is 0 Å². The highest BCUT2D eigenvalue weighted by molar-refractivity contribution is 5.47. The molecule has 0 N–H and O–H groups in total. The van der Waals surface area contributed by atoms with Gasteiger partial charge in [-0.05, 0) is 61.9 Å². The molecule has 4 heteroatoms. The number of benzene rings is 2. The normalized spacial score (nSPS) is 16.7. The van der Waals surface area contributed by atoms with Gasteiger partial charge in [-0.2, -0.15) is 5.26 Å². The molecule has 1 aromatic heterocycles. The number of piperidine rings is 1. The van der Waals surface area contributed by atoms with Crippen LogP contribution in [0.1, 0.15) is 42.5 Å². The maximum Gasteiger partial charge on any atom is 0.0991 e. The summed E-state index contributed by atoms with van der Waals surface area (Å²) in [7, 11) is 0. The quantitative estimate of drug-likeness (QED) is 0.626. The molecule has 1 aliphatic rings. The molecule has 3 aromatic rings. The molecule has 142 valence electrons. The van der Waals surface area contributed by atoms with Gasteiger partial charge >= 0.3 is 0 Å². The minimum absolute atomic E-state index is 0.592. The van der Waals surface area contributed by atoms with Gasteiger partial charge in [0, 0.05) is 36.7 Å². The van der Waals surface area contributed by atoms with E-state index in [0.29, 0.717) is 11.6 Å². The van der Waals surface area contributed by atoms with Gasteiger partial charge in [-0.1, -0.05) is 30.3 Å². The zero-order valence-electron chi connectivity index (χ0n) is 16.2. The van der Waals surface area contributed by atoms with Crippen molar-refractivity contribution < 1.29 is 0 Å². The molecule has 4 rings (SSSR count). The van der Waals surface area contributed by atoms with Crippen LogP contribution in [0.2, 0.25) is 0 Å². The Morgan fingerprint density at radius 3 is 2.64 bits per heavy atom. The first-order chi connectivity index (χ1) is 13.8. The fraction of sp³-hybridized carbons (Fsp3) is 0.333. The highest BCUT2D eigenvalue weighted by atomic mass is 15.2. The number of para-hydroxylation sites is 1. The highest BCUT2D eigenvalue weighted by Gasteiger charge is 2.22. The van der Waals surface area contributed by atoms with Crippen molar-refractivity contribution in [3.8, 4) is 6.07 Å². The molecule has 1 fully saturated rings. The van der Waals surface area contributed by atoms with Crippen LogP contribution < -0.4 is 4.90 Å². The maximum atomic E-state index is 8.96. The van der Waals surface area contributed by atoms with Crippen LogP contribution in [0, 0.1) is 11.3 Å². The molecule has 1 unspecified atom stereocenters. The fourth-order valence-electron chi connectivity index (χ4n) is 4.15. The van der Waals surface area contributed by atoms with Crippen LogP contribution in [0.15, 0.2) is 67.1 Å². The summed E-state index contributed by atoms with van der Waals surface area (Å²) in [6.07, 6.45) is 9.96. The Balaban J connectivity index is 1.42. The van der Waals surface area contributed by atoms with Crippen LogP contribution in [0.25, 0.3) is 0 Å². The maximum absolute atomic E-state index is 8.96. The Morgan fingerprint density at radius 2 is 1.86 bits per heavy atom. The van der Waals surface area contributed by atoms with Gasteiger partial charge < -0.3 is 9.47 Å². The molecular formula is C24H26N4. The van der Waals surface area contributed by atoms with Crippen LogP contribution in [0.4, 0.5) is 5.69 Å². The van der Waals surface area contributed by atoms with Crippen molar-refractivity contribution in [2.45, 2.75) is 44.7 Å². The summed E-state index contributed by atoms with van der Waals surface area (Å²) >= 11 is 0. The first-order valence-electron chi connectivity index (χ1n) is 10.1. The molecule has 2 heterocycles. The van der Waals surface area contributed by atoms with Crippen LogP contribution >= 0.6 is 0 Å². The Bertz CT molecular complexity index is 921. The SMILES string of the molecule is N#Cc1ccc(Cn2cncc2CCC2CCCCN2c2ccccc2)cc1. The van der Waals surface area contributed by atoms with Gasteiger partial charge in [-0.25, -0.2) is 4.98 Å². The molecule has 2 aromatic carbocycles. The van der Waals surface area contributed by atoms with Gasteiger partial charge in [0.05, 0.1) is 18.0 Å². The van der Waals surface area contributed by atoms with Crippen molar-refractivity contribution in [2.24, 2.45) is 0 Å². The Morgan fingerprint density at radius 1 is 1.04 bits per heavy atom. The van der Waals surface area contributed by atoms with E-state index in [1.165, 1.54) is 36.2 Å². The lowest BCUT2D eigenvalue weighted by Gasteiger charge is -2.37. The molecule has 0 bridgehead atoms. The second-order valence-corrected chi connectivity index (χ2v) is 7.54. The van der Waals surface area contributed by atoms with Gasteiger partial charge in [0.2, 0.25) is 0 Å². The molecule has 1 saturated heterocycles. The van der Waals surface area contributed by atoms with E-state index in [0.717, 1.165) is 25.9 Å². The number of aryl methyl sites for hydroxylation is 1. The van der Waals surface area contributed by atoms with E-state index in [1.54, 1.807) is 0 Å². The fourth-order valence-corrected chi connectivity index (χ4v) is 4.15. The second kappa shape index (κ2) is 8.75. The Hall–Kier alpha value is -3.06. The number of rotatable bonds is 6. The third-order valence-corrected chi connectivity index (χ3v) is 5.68. The minimum Gasteiger partial charge on any atom is -0.369 e. The lowest BCUT2D eigenvalue weighted by Crippen LogP contribution is -2.39. The van der Waals surface area contributed by atoms with Crippen LogP contribution in [-0.2, 0) is 13.0 Å². The van der Waals surface area contributed by atoms with Gasteiger partial charge in [0.25, 0.3) is 0 Å². The van der Waals surface area contributed by atoms with Crippen molar-refractivity contribution in [2.75, 3.05) is 11.4 Å². The number of hydrogen-bond acceptors (Lipinski definition) is 3. The number of anilines is 1. The van der Waals surface area contributed by atoms with Gasteiger partial charge in [0.15, 0.2) is 0 Å². The summed E-state index contributed by atoms with van der Waals surface area (Å²) in [6, 6.07) is 21.4. The number of aromatic nitrogens is 2. The molecule has 1 atom stereocenters. The number of nitriles is 1. The number of imidazole rings is 1. The first-order valence-corrected chi connectivity index (χ1v) is 10.1. The Labute approximate surface area is 167 Å². The summed E-state index contributed by atoms with van der Waals surface area (Å²) < 4.78 is 2.23. The monoisotopic (exact) mass is 370 g/mol. The Kier molecular flexibility index (Phi) is 5.72. The molecule has 0 spiro atoms. The predicted molar refractivity (Wildman–Crippen MR) is 112 cm³/mol. The average molecular weight is 370 g/mol. The van der Waals surface area contributed by atoms with Gasteiger partial charge in [-0.3, -0.25) is 0 Å². The number of nitrogens with zero attached hydrogens (tertiary/aromatic N) is 4. The predicted octanol–water partition coefficient (Wildman–Crippen LogP) is 4.79. The lowest BCUT2D eigenvalue weighted by molar-refractivity contribution is 0.435. The van der Waals surface area contributed by atoms with E-state index in [2.05, 4.69) is 50.9 Å². The third-order valence-electron chi connectivity index (χ3n) is 5.68. The van der Waals surface area contributed by atoms with Crippen LogP contribution in [0.3, 0.4) is 0 Å². The standard InChI is InChI=1S/C24H26N4/c25-16-20-9-11-21(12-10-20)18-27-19-26-17-24(27)14-13-23-8-4-5-15-28(23)22-6-2-1-3-7-22/h1-3,6-7,9-12,17,19,23H,4-5,8,13-15,18H2. The van der Waals surface area contributed by atoms with E-state index in [-0.39, 0.29) is 0 Å². The third kappa shape index (κ3) is 4.26. The van der Waals surface area contributed by atoms with Crippen molar-refractivity contribution in [3.63, 3.8) is 0 Å².